The van der Waals surface area contributed by atoms with E-state index in [0.717, 1.165) is 18.4 Å². The third-order valence-corrected chi connectivity index (χ3v) is 9.56. The van der Waals surface area contributed by atoms with Gasteiger partial charge >= 0.3 is 0 Å². The molecule has 3 aromatic rings. The van der Waals surface area contributed by atoms with Crippen LogP contribution in [0.3, 0.4) is 0 Å². The van der Waals surface area contributed by atoms with E-state index in [1.165, 1.54) is 9.80 Å². The average molecular weight is 591 g/mol. The van der Waals surface area contributed by atoms with Crippen LogP contribution in [0.25, 0.3) is 0 Å². The predicted molar refractivity (Wildman–Crippen MR) is 164 cm³/mol. The van der Waals surface area contributed by atoms with E-state index in [4.69, 9.17) is 9.47 Å². The summed E-state index contributed by atoms with van der Waals surface area (Å²) in [7, 11) is 0. The van der Waals surface area contributed by atoms with Gasteiger partial charge in [0.15, 0.2) is 0 Å². The molecule has 44 heavy (non-hydrogen) atoms. The third-order valence-electron chi connectivity index (χ3n) is 9.56. The number of rotatable bonds is 9. The van der Waals surface area contributed by atoms with Gasteiger partial charge in [0.25, 0.3) is 0 Å². The molecule has 1 saturated carbocycles. The minimum Gasteiger partial charge on any atom is -0.491 e. The summed E-state index contributed by atoms with van der Waals surface area (Å²) in [5.41, 5.74) is 0.308. The van der Waals surface area contributed by atoms with E-state index in [-0.39, 0.29) is 23.6 Å². The molecule has 3 aromatic carbocycles. The number of amides is 4. The number of para-hydroxylation sites is 4. The Bertz CT molecular complexity index is 1590. The Morgan fingerprint density at radius 2 is 1.07 bits per heavy atom. The summed E-state index contributed by atoms with van der Waals surface area (Å²) < 4.78 is 11.9. The summed E-state index contributed by atoms with van der Waals surface area (Å²) >= 11 is 0. The molecule has 8 nitrogen and oxygen atoms in total. The second-order valence-corrected chi connectivity index (χ2v) is 11.9. The van der Waals surface area contributed by atoms with Gasteiger partial charge in [-0.2, -0.15) is 0 Å². The zero-order chi connectivity index (χ0) is 30.6. The molecule has 4 amide bonds. The summed E-state index contributed by atoms with van der Waals surface area (Å²) in [5.74, 6) is -4.57. The molecule has 2 heterocycles. The maximum Gasteiger partial charge on any atom is 0.239 e. The van der Waals surface area contributed by atoms with Crippen molar-refractivity contribution >= 4 is 35.0 Å². The number of imide groups is 2. The topological polar surface area (TPSA) is 93.2 Å². The van der Waals surface area contributed by atoms with E-state index in [9.17, 15) is 19.2 Å². The third kappa shape index (κ3) is 3.82. The van der Waals surface area contributed by atoms with Crippen LogP contribution in [0.2, 0.25) is 0 Å². The zero-order valence-corrected chi connectivity index (χ0v) is 24.7. The van der Waals surface area contributed by atoms with E-state index in [0.29, 0.717) is 36.1 Å². The lowest BCUT2D eigenvalue weighted by atomic mass is 9.45. The highest BCUT2D eigenvalue weighted by atomic mass is 16.5. The molecule has 0 radical (unpaired) electrons. The lowest BCUT2D eigenvalue weighted by Crippen LogP contribution is -2.60. The quantitative estimate of drug-likeness (QED) is 0.248. The van der Waals surface area contributed by atoms with E-state index in [1.54, 1.807) is 36.4 Å². The number of carbonyl (C=O) groups is 4. The normalized spacial score (nSPS) is 28.5. The monoisotopic (exact) mass is 590 g/mol. The maximum atomic E-state index is 14.6. The molecule has 2 saturated heterocycles. The van der Waals surface area contributed by atoms with Crippen LogP contribution in [0.5, 0.6) is 11.5 Å². The Balaban J connectivity index is 1.38. The fourth-order valence-corrected chi connectivity index (χ4v) is 7.91. The Morgan fingerprint density at radius 3 is 1.55 bits per heavy atom. The van der Waals surface area contributed by atoms with Gasteiger partial charge in [0.05, 0.1) is 48.3 Å². The van der Waals surface area contributed by atoms with Crippen LogP contribution in [0, 0.1) is 29.6 Å². The lowest BCUT2D eigenvalue weighted by molar-refractivity contribution is -0.140. The van der Waals surface area contributed by atoms with E-state index < -0.39 is 35.0 Å². The number of allylic oxidation sites excluding steroid dienone is 2. The molecule has 4 atom stereocenters. The van der Waals surface area contributed by atoms with Crippen molar-refractivity contribution in [2.24, 2.45) is 29.6 Å². The second kappa shape index (κ2) is 10.8. The molecule has 0 unspecified atom stereocenters. The minimum absolute atomic E-state index is 0.369. The van der Waals surface area contributed by atoms with Crippen LogP contribution in [0.15, 0.2) is 91.0 Å². The first-order chi connectivity index (χ1) is 21.5. The molecule has 0 N–H and O–H groups in total. The summed E-state index contributed by atoms with van der Waals surface area (Å²) in [4.78, 5) is 60.6. The highest BCUT2D eigenvalue weighted by Gasteiger charge is 2.75. The average Bonchev–Trinajstić information content (AvgIpc) is 3.50. The molecule has 8 rings (SSSR count). The fourth-order valence-electron chi connectivity index (χ4n) is 7.91. The van der Waals surface area contributed by atoms with Crippen LogP contribution >= 0.6 is 0 Å². The van der Waals surface area contributed by atoms with Crippen LogP contribution in [0.4, 0.5) is 11.4 Å². The molecule has 0 aromatic heterocycles. The number of benzene rings is 3. The van der Waals surface area contributed by atoms with Gasteiger partial charge in [0.2, 0.25) is 23.6 Å². The minimum atomic E-state index is -1.20. The van der Waals surface area contributed by atoms with Crippen molar-refractivity contribution in [3.8, 4) is 11.5 Å². The van der Waals surface area contributed by atoms with E-state index >= 15 is 0 Å². The Hall–Kier alpha value is -4.72. The number of ether oxygens (including phenoxy) is 2. The largest absolute Gasteiger partial charge is 0.491 e. The Morgan fingerprint density at radius 1 is 0.614 bits per heavy atom. The highest BCUT2D eigenvalue weighted by molar-refractivity contribution is 6.27. The van der Waals surface area contributed by atoms with Gasteiger partial charge in [0.1, 0.15) is 11.5 Å². The van der Waals surface area contributed by atoms with Crippen molar-refractivity contribution in [3.63, 3.8) is 0 Å². The molecule has 5 aliphatic rings. The maximum absolute atomic E-state index is 14.6. The van der Waals surface area contributed by atoms with Gasteiger partial charge < -0.3 is 9.47 Å². The standard InChI is InChI=1S/C36H34N2O6/c1-3-20-43-26-16-10-8-14-24(26)37-32(39)28-23-18-19-36(30(28)34(37)41,22-12-6-5-7-13-22)31-29(23)33(40)38(35(31)42)25-15-9-11-17-27(25)44-21-4-2/h5-19,23,28-31H,3-4,20-21H2,1-2H3/t23?,28-,29-,30+,31+,36?/m1/s1. The second-order valence-electron chi connectivity index (χ2n) is 11.9. The Kier molecular flexibility index (Phi) is 6.87. The number of hydrogen-bond donors (Lipinski definition) is 0. The van der Waals surface area contributed by atoms with Crippen molar-refractivity contribution in [2.45, 2.75) is 32.1 Å². The first-order valence-corrected chi connectivity index (χ1v) is 15.4. The van der Waals surface area contributed by atoms with Crippen molar-refractivity contribution in [1.82, 2.24) is 0 Å². The molecule has 224 valence electrons. The van der Waals surface area contributed by atoms with Gasteiger partial charge in [-0.15, -0.1) is 0 Å². The first-order valence-electron chi connectivity index (χ1n) is 15.4. The molecule has 3 aliphatic carbocycles. The van der Waals surface area contributed by atoms with Crippen LogP contribution < -0.4 is 19.3 Å². The number of nitrogens with zero attached hydrogens (tertiary/aromatic N) is 2. The van der Waals surface area contributed by atoms with Crippen molar-refractivity contribution in [3.05, 3.63) is 96.6 Å². The predicted octanol–water partition coefficient (Wildman–Crippen LogP) is 5.31. The first kappa shape index (κ1) is 28.1. The summed E-state index contributed by atoms with van der Waals surface area (Å²) in [6.45, 7) is 4.84. The number of hydrogen-bond acceptors (Lipinski definition) is 6. The lowest BCUT2D eigenvalue weighted by Gasteiger charge is -2.53. The van der Waals surface area contributed by atoms with E-state index in [2.05, 4.69) is 0 Å². The molecule has 3 fully saturated rings. The van der Waals surface area contributed by atoms with Crippen molar-refractivity contribution in [2.75, 3.05) is 23.0 Å². The van der Waals surface area contributed by atoms with Gasteiger partial charge in [-0.3, -0.25) is 19.2 Å². The van der Waals surface area contributed by atoms with Crippen LogP contribution in [0.1, 0.15) is 32.3 Å². The van der Waals surface area contributed by atoms with Crippen LogP contribution in [-0.4, -0.2) is 36.8 Å². The fraction of sp³-hybridized carbons (Fsp3) is 0.333. The smallest absolute Gasteiger partial charge is 0.239 e. The molecule has 2 aliphatic heterocycles. The summed E-state index contributed by atoms with van der Waals surface area (Å²) in [5, 5.41) is 0. The molecular weight excluding hydrogens is 556 g/mol. The highest BCUT2D eigenvalue weighted by Crippen LogP contribution is 2.65. The van der Waals surface area contributed by atoms with Gasteiger partial charge in [-0.1, -0.05) is 80.6 Å². The Labute approximate surface area is 256 Å². The van der Waals surface area contributed by atoms with Crippen molar-refractivity contribution in [1.29, 1.82) is 0 Å². The molecule has 2 bridgehead atoms. The number of carbonyl (C=O) groups excluding carboxylic acids is 4. The number of anilines is 2. The molecule has 0 spiro atoms. The molecule has 8 heteroatoms. The van der Waals surface area contributed by atoms with Gasteiger partial charge in [-0.05, 0) is 42.7 Å². The summed E-state index contributed by atoms with van der Waals surface area (Å²) in [6.07, 6.45) is 5.36. The van der Waals surface area contributed by atoms with Gasteiger partial charge in [0, 0.05) is 11.3 Å². The van der Waals surface area contributed by atoms with E-state index in [1.807, 2.05) is 68.5 Å². The van der Waals surface area contributed by atoms with Crippen molar-refractivity contribution < 1.29 is 28.7 Å². The van der Waals surface area contributed by atoms with Crippen LogP contribution in [-0.2, 0) is 24.6 Å². The van der Waals surface area contributed by atoms with Gasteiger partial charge in [-0.25, -0.2) is 9.80 Å². The SMILES string of the molecule is CCCOc1ccccc1N1C(=O)[C@@H]2C3C=CC(c4ccccc4)([C@@H]2C1=O)[C@@H]1C(=O)N(c2ccccc2OCCC)C(=O)[C@H]31. The molecular formula is C36H34N2O6. The summed E-state index contributed by atoms with van der Waals surface area (Å²) in [6, 6.07) is 23.5. The zero-order valence-electron chi connectivity index (χ0n) is 24.7.